The van der Waals surface area contributed by atoms with Crippen LogP contribution in [-0.2, 0) is 4.79 Å². The van der Waals surface area contributed by atoms with Crippen LogP contribution in [0.5, 0.6) is 0 Å². The summed E-state index contributed by atoms with van der Waals surface area (Å²) in [4.78, 5) is 10.7. The van der Waals surface area contributed by atoms with E-state index in [4.69, 9.17) is 0 Å². The maximum atomic E-state index is 10.7. The van der Waals surface area contributed by atoms with E-state index in [2.05, 4.69) is 6.58 Å². The van der Waals surface area contributed by atoms with Crippen molar-refractivity contribution >= 4 is 5.78 Å². The van der Waals surface area contributed by atoms with Gasteiger partial charge in [-0.3, -0.25) is 4.79 Å². The molecule has 0 amide bonds. The van der Waals surface area contributed by atoms with E-state index in [0.29, 0.717) is 0 Å². The first kappa shape index (κ1) is 9.15. The number of carbonyl (C=O) groups is 1. The highest BCUT2D eigenvalue weighted by Gasteiger charge is 1.99. The second-order valence-corrected chi connectivity index (χ2v) is 2.35. The molecule has 1 unspecified atom stereocenters. The van der Waals surface area contributed by atoms with Crippen LogP contribution in [0.15, 0.2) is 24.8 Å². The van der Waals surface area contributed by atoms with Gasteiger partial charge in [0, 0.05) is 5.92 Å². The van der Waals surface area contributed by atoms with Crippen molar-refractivity contribution < 1.29 is 4.79 Å². The molecule has 0 saturated carbocycles. The zero-order valence-electron chi connectivity index (χ0n) is 6.63. The van der Waals surface area contributed by atoms with Gasteiger partial charge in [-0.2, -0.15) is 0 Å². The number of ketones is 1. The van der Waals surface area contributed by atoms with Crippen molar-refractivity contribution in [1.82, 2.24) is 0 Å². The summed E-state index contributed by atoms with van der Waals surface area (Å²) in [5.41, 5.74) is 0. The highest BCUT2D eigenvalue weighted by Crippen LogP contribution is 1.98. The van der Waals surface area contributed by atoms with E-state index in [1.54, 1.807) is 6.92 Å². The van der Waals surface area contributed by atoms with E-state index in [0.717, 1.165) is 6.42 Å². The van der Waals surface area contributed by atoms with Crippen LogP contribution < -0.4 is 0 Å². The normalized spacial score (nSPS) is 13.4. The molecule has 0 aliphatic heterocycles. The highest BCUT2D eigenvalue weighted by atomic mass is 16.1. The van der Waals surface area contributed by atoms with Crippen LogP contribution in [-0.4, -0.2) is 5.78 Å². The molecule has 0 aliphatic carbocycles. The second kappa shape index (κ2) is 4.98. The lowest BCUT2D eigenvalue weighted by molar-refractivity contribution is -0.118. The Bertz CT molecular complexity index is 145. The fraction of sp³-hybridized carbons (Fsp3) is 0.444. The van der Waals surface area contributed by atoms with Crippen LogP contribution in [0.1, 0.15) is 20.3 Å². The van der Waals surface area contributed by atoms with Gasteiger partial charge in [-0.25, -0.2) is 0 Å². The van der Waals surface area contributed by atoms with Crippen molar-refractivity contribution in [2.75, 3.05) is 0 Å². The van der Waals surface area contributed by atoms with Crippen LogP contribution in [0.4, 0.5) is 0 Å². The summed E-state index contributed by atoms with van der Waals surface area (Å²) in [5.74, 6) is 0.264. The Morgan fingerprint density at radius 2 is 2.30 bits per heavy atom. The van der Waals surface area contributed by atoms with Crippen molar-refractivity contribution in [1.29, 1.82) is 0 Å². The van der Waals surface area contributed by atoms with Gasteiger partial charge in [-0.15, -0.1) is 6.58 Å². The second-order valence-electron chi connectivity index (χ2n) is 2.35. The smallest absolute Gasteiger partial charge is 0.136 e. The average molecular weight is 138 g/mol. The highest BCUT2D eigenvalue weighted by molar-refractivity contribution is 5.79. The Hall–Kier alpha value is -0.850. The lowest BCUT2D eigenvalue weighted by Gasteiger charge is -1.96. The predicted octanol–water partition coefficient (Wildman–Crippen LogP) is 2.34. The molecule has 1 heteroatoms. The number of rotatable bonds is 4. The number of hydrogen-bond acceptors (Lipinski definition) is 1. The van der Waals surface area contributed by atoms with Crippen molar-refractivity contribution in [3.05, 3.63) is 24.8 Å². The summed E-state index contributed by atoms with van der Waals surface area (Å²) in [6.45, 7) is 7.06. The SMILES string of the molecule is C=CCC=CC(C)C(C)=O. The van der Waals surface area contributed by atoms with Crippen molar-refractivity contribution in [2.24, 2.45) is 5.92 Å². The zero-order chi connectivity index (χ0) is 7.98. The summed E-state index contributed by atoms with van der Waals surface area (Å²) in [6.07, 6.45) is 6.52. The summed E-state index contributed by atoms with van der Waals surface area (Å²) in [6, 6.07) is 0. The van der Waals surface area contributed by atoms with E-state index < -0.39 is 0 Å². The third kappa shape index (κ3) is 4.07. The molecule has 0 aromatic carbocycles. The lowest BCUT2D eigenvalue weighted by atomic mass is 10.1. The molecule has 56 valence electrons. The quantitative estimate of drug-likeness (QED) is 0.545. The number of carbonyl (C=O) groups excluding carboxylic acids is 1. The minimum absolute atomic E-state index is 0.0555. The summed E-state index contributed by atoms with van der Waals surface area (Å²) < 4.78 is 0. The molecule has 0 saturated heterocycles. The van der Waals surface area contributed by atoms with E-state index in [1.165, 1.54) is 0 Å². The topological polar surface area (TPSA) is 17.1 Å². The summed E-state index contributed by atoms with van der Waals surface area (Å²) in [5, 5.41) is 0. The molecule has 0 heterocycles. The molecule has 0 N–H and O–H groups in total. The van der Waals surface area contributed by atoms with Crippen molar-refractivity contribution in [2.45, 2.75) is 20.3 Å². The van der Waals surface area contributed by atoms with Crippen LogP contribution in [0.25, 0.3) is 0 Å². The molecule has 0 bridgehead atoms. The van der Waals surface area contributed by atoms with Gasteiger partial charge < -0.3 is 0 Å². The number of hydrogen-bond donors (Lipinski definition) is 0. The van der Waals surface area contributed by atoms with E-state index in [9.17, 15) is 4.79 Å². The Morgan fingerprint density at radius 1 is 1.70 bits per heavy atom. The third-order valence-corrected chi connectivity index (χ3v) is 1.37. The average Bonchev–Trinajstić information content (AvgIpc) is 1.88. The molecule has 1 atom stereocenters. The van der Waals surface area contributed by atoms with E-state index in [1.807, 2.05) is 25.2 Å². The molecule has 0 aromatic rings. The van der Waals surface area contributed by atoms with Gasteiger partial charge in [0.2, 0.25) is 0 Å². The zero-order valence-corrected chi connectivity index (χ0v) is 6.63. The molecule has 0 fully saturated rings. The van der Waals surface area contributed by atoms with Crippen LogP contribution in [0.3, 0.4) is 0 Å². The lowest BCUT2D eigenvalue weighted by Crippen LogP contribution is -2.01. The van der Waals surface area contributed by atoms with Gasteiger partial charge in [0.05, 0.1) is 0 Å². The van der Waals surface area contributed by atoms with Crippen LogP contribution in [0, 0.1) is 5.92 Å². The fourth-order valence-electron chi connectivity index (χ4n) is 0.514. The minimum Gasteiger partial charge on any atom is -0.299 e. The summed E-state index contributed by atoms with van der Waals surface area (Å²) >= 11 is 0. The Labute approximate surface area is 62.4 Å². The molecular weight excluding hydrogens is 124 g/mol. The molecule has 1 nitrogen and oxygen atoms in total. The van der Waals surface area contributed by atoms with Gasteiger partial charge >= 0.3 is 0 Å². The minimum atomic E-state index is 0.0555. The standard InChI is InChI=1S/C9H14O/c1-4-5-6-7-8(2)9(3)10/h4,6-8H,1,5H2,2-3H3. The number of Topliss-reactive ketones (excluding diaryl/α,β-unsaturated/α-hetero) is 1. The monoisotopic (exact) mass is 138 g/mol. The maximum Gasteiger partial charge on any atom is 0.136 e. The molecule has 0 aromatic heterocycles. The first-order valence-corrected chi connectivity index (χ1v) is 3.46. The number of allylic oxidation sites excluding steroid dienone is 3. The van der Waals surface area contributed by atoms with Gasteiger partial charge in [0.1, 0.15) is 5.78 Å². The van der Waals surface area contributed by atoms with Crippen molar-refractivity contribution in [3.63, 3.8) is 0 Å². The molecule has 0 aliphatic rings. The molecule has 10 heavy (non-hydrogen) atoms. The van der Waals surface area contributed by atoms with Crippen LogP contribution in [0.2, 0.25) is 0 Å². The first-order valence-electron chi connectivity index (χ1n) is 3.46. The maximum absolute atomic E-state index is 10.7. The first-order chi connectivity index (χ1) is 4.68. The van der Waals surface area contributed by atoms with Gasteiger partial charge in [0.15, 0.2) is 0 Å². The summed E-state index contributed by atoms with van der Waals surface area (Å²) in [7, 11) is 0. The Balaban J connectivity index is 3.65. The largest absolute Gasteiger partial charge is 0.299 e. The molecule has 0 rings (SSSR count). The predicted molar refractivity (Wildman–Crippen MR) is 43.8 cm³/mol. The Morgan fingerprint density at radius 3 is 2.70 bits per heavy atom. The van der Waals surface area contributed by atoms with Gasteiger partial charge in [-0.05, 0) is 13.3 Å². The molecule has 0 radical (unpaired) electrons. The fourth-order valence-corrected chi connectivity index (χ4v) is 0.514. The van der Waals surface area contributed by atoms with E-state index >= 15 is 0 Å². The Kier molecular flexibility index (Phi) is 4.55. The van der Waals surface area contributed by atoms with Crippen molar-refractivity contribution in [3.8, 4) is 0 Å². The third-order valence-electron chi connectivity index (χ3n) is 1.37. The van der Waals surface area contributed by atoms with Gasteiger partial charge in [0.25, 0.3) is 0 Å². The van der Waals surface area contributed by atoms with E-state index in [-0.39, 0.29) is 11.7 Å². The van der Waals surface area contributed by atoms with Gasteiger partial charge in [-0.1, -0.05) is 25.2 Å². The van der Waals surface area contributed by atoms with Crippen LogP contribution >= 0.6 is 0 Å². The molecular formula is C9H14O. The molecule has 0 spiro atoms.